The van der Waals surface area contributed by atoms with E-state index in [1.165, 1.54) is 18.7 Å². The highest BCUT2D eigenvalue weighted by Crippen LogP contribution is 2.36. The zero-order valence-electron chi connectivity index (χ0n) is 17.7. The van der Waals surface area contributed by atoms with Crippen LogP contribution in [0, 0.1) is 0 Å². The largest absolute Gasteiger partial charge is 0.393 e. The normalized spacial score (nSPS) is 24.7. The van der Waals surface area contributed by atoms with Crippen molar-refractivity contribution < 1.29 is 41.4 Å². The van der Waals surface area contributed by atoms with Crippen molar-refractivity contribution in [3.8, 4) is 0 Å². The first kappa shape index (κ1) is 26.4. The van der Waals surface area contributed by atoms with E-state index in [-0.39, 0.29) is 32.5 Å². The number of aliphatic hydroxyl groups excluding tert-OH is 1. The van der Waals surface area contributed by atoms with Gasteiger partial charge in [-0.2, -0.15) is 13.2 Å². The molecular formula is C19H26F5N3O4S. The van der Waals surface area contributed by atoms with Crippen LogP contribution in [-0.2, 0) is 9.59 Å². The van der Waals surface area contributed by atoms with Crippen LogP contribution in [0.3, 0.4) is 0 Å². The number of aliphatic hydroxyl groups is 1. The van der Waals surface area contributed by atoms with Crippen molar-refractivity contribution in [2.45, 2.75) is 63.6 Å². The smallest absolute Gasteiger partial charge is 0.390 e. The molecule has 1 unspecified atom stereocenters. The number of piperidine rings is 1. The van der Waals surface area contributed by atoms with E-state index < -0.39 is 71.8 Å². The molecule has 2 heterocycles. The molecule has 4 amide bonds. The van der Waals surface area contributed by atoms with Crippen LogP contribution in [0.5, 0.6) is 0 Å². The number of carbonyl (C=O) groups is 3. The third-order valence-corrected chi connectivity index (χ3v) is 6.57. The van der Waals surface area contributed by atoms with E-state index in [1.807, 2.05) is 0 Å². The summed E-state index contributed by atoms with van der Waals surface area (Å²) < 4.78 is 66.3. The monoisotopic (exact) mass is 487 g/mol. The van der Waals surface area contributed by atoms with Crippen LogP contribution in [0.2, 0.25) is 0 Å². The molecule has 182 valence electrons. The van der Waals surface area contributed by atoms with Gasteiger partial charge in [-0.05, 0) is 26.7 Å². The minimum Gasteiger partial charge on any atom is -0.393 e. The second kappa shape index (κ2) is 10.8. The summed E-state index contributed by atoms with van der Waals surface area (Å²) >= 11 is 0.555. The standard InChI is InChI=1S/C19H26F5N3O4S/c1-3-26-14(29)10-13(16(20)21)15(17(30)25-7-4-12(28)5-8-25)32-11(2)27(18(26)31)9-6-19(22,23)24/h11-12,16,28H,3-10H2,1-2H3/b15-13+. The Morgan fingerprint density at radius 1 is 1.22 bits per heavy atom. The van der Waals surface area contributed by atoms with Crippen molar-refractivity contribution in [2.24, 2.45) is 0 Å². The Hall–Kier alpha value is -1.89. The SMILES string of the molecule is CCN1C(=O)C/C(C(F)F)=C(/C(=O)N2CCC(O)CC2)SC(C)N(CCC(F)(F)F)C1=O. The predicted molar refractivity (Wildman–Crippen MR) is 107 cm³/mol. The van der Waals surface area contributed by atoms with Crippen molar-refractivity contribution in [1.82, 2.24) is 14.7 Å². The van der Waals surface area contributed by atoms with Gasteiger partial charge in [0.1, 0.15) is 0 Å². The molecule has 32 heavy (non-hydrogen) atoms. The van der Waals surface area contributed by atoms with Crippen molar-refractivity contribution in [3.05, 3.63) is 10.5 Å². The molecule has 7 nitrogen and oxygen atoms in total. The Morgan fingerprint density at radius 2 is 1.81 bits per heavy atom. The van der Waals surface area contributed by atoms with Gasteiger partial charge < -0.3 is 14.9 Å². The summed E-state index contributed by atoms with van der Waals surface area (Å²) in [6.45, 7) is 1.95. The van der Waals surface area contributed by atoms with E-state index in [0.29, 0.717) is 16.7 Å². The number of halogens is 5. The van der Waals surface area contributed by atoms with Gasteiger partial charge >= 0.3 is 12.2 Å². The summed E-state index contributed by atoms with van der Waals surface area (Å²) in [4.78, 5) is 40.8. The highest BCUT2D eigenvalue weighted by atomic mass is 32.2. The fourth-order valence-electron chi connectivity index (χ4n) is 3.48. The number of hydrogen-bond acceptors (Lipinski definition) is 5. The van der Waals surface area contributed by atoms with E-state index in [9.17, 15) is 41.4 Å². The number of carbonyl (C=O) groups excluding carboxylic acids is 3. The van der Waals surface area contributed by atoms with Crippen LogP contribution < -0.4 is 0 Å². The summed E-state index contributed by atoms with van der Waals surface area (Å²) in [5.41, 5.74) is -0.758. The molecule has 13 heteroatoms. The van der Waals surface area contributed by atoms with Gasteiger partial charge in [-0.1, -0.05) is 11.8 Å². The van der Waals surface area contributed by atoms with E-state index >= 15 is 0 Å². The van der Waals surface area contributed by atoms with Crippen LogP contribution in [-0.4, -0.2) is 87.9 Å². The molecule has 2 rings (SSSR count). The predicted octanol–water partition coefficient (Wildman–Crippen LogP) is 3.19. The maximum Gasteiger partial charge on any atom is 0.390 e. The molecule has 0 aromatic carbocycles. The molecule has 0 aromatic heterocycles. The fourth-order valence-corrected chi connectivity index (χ4v) is 4.69. The number of nitrogens with zero attached hydrogens (tertiary/aromatic N) is 3. The molecule has 0 aliphatic carbocycles. The number of likely N-dealkylation sites (tertiary alicyclic amines) is 1. The summed E-state index contributed by atoms with van der Waals surface area (Å²) in [5.74, 6) is -1.80. The molecule has 1 atom stereocenters. The number of alkyl halides is 5. The lowest BCUT2D eigenvalue weighted by Gasteiger charge is -2.34. The summed E-state index contributed by atoms with van der Waals surface area (Å²) in [6, 6.07) is -1.02. The number of hydrogen-bond donors (Lipinski definition) is 1. The number of urea groups is 1. The quantitative estimate of drug-likeness (QED) is 0.603. The molecule has 2 aliphatic rings. The van der Waals surface area contributed by atoms with E-state index in [2.05, 4.69) is 0 Å². The van der Waals surface area contributed by atoms with Crippen LogP contribution in [0.25, 0.3) is 0 Å². The molecule has 0 radical (unpaired) electrons. The molecule has 0 spiro atoms. The van der Waals surface area contributed by atoms with E-state index in [1.54, 1.807) is 0 Å². The van der Waals surface area contributed by atoms with Crippen molar-refractivity contribution in [3.63, 3.8) is 0 Å². The lowest BCUT2D eigenvalue weighted by Crippen LogP contribution is -2.49. The van der Waals surface area contributed by atoms with Crippen LogP contribution in [0.15, 0.2) is 10.5 Å². The lowest BCUT2D eigenvalue weighted by molar-refractivity contribution is -0.137. The topological polar surface area (TPSA) is 81.2 Å². The van der Waals surface area contributed by atoms with Gasteiger partial charge in [-0.15, -0.1) is 0 Å². The number of rotatable bonds is 5. The molecule has 1 fully saturated rings. The lowest BCUT2D eigenvalue weighted by atomic mass is 10.1. The zero-order valence-corrected chi connectivity index (χ0v) is 18.5. The average Bonchev–Trinajstić information content (AvgIpc) is 2.73. The van der Waals surface area contributed by atoms with Crippen LogP contribution in [0.1, 0.15) is 39.5 Å². The average molecular weight is 487 g/mol. The van der Waals surface area contributed by atoms with Crippen molar-refractivity contribution in [1.29, 1.82) is 0 Å². The third kappa shape index (κ3) is 6.56. The third-order valence-electron chi connectivity index (χ3n) is 5.30. The fraction of sp³-hybridized carbons (Fsp3) is 0.737. The van der Waals surface area contributed by atoms with Crippen molar-refractivity contribution in [2.75, 3.05) is 26.2 Å². The Bertz CT molecular complexity index is 754. The van der Waals surface area contributed by atoms with E-state index in [4.69, 9.17) is 0 Å². The first-order valence-corrected chi connectivity index (χ1v) is 11.1. The zero-order chi connectivity index (χ0) is 24.2. The molecule has 2 aliphatic heterocycles. The van der Waals surface area contributed by atoms with E-state index in [0.717, 1.165) is 4.90 Å². The van der Waals surface area contributed by atoms with Gasteiger partial charge in [0.05, 0.1) is 29.2 Å². The minimum absolute atomic E-state index is 0.112. The summed E-state index contributed by atoms with van der Waals surface area (Å²) in [7, 11) is 0. The maximum atomic E-state index is 13.9. The summed E-state index contributed by atoms with van der Waals surface area (Å²) in [5, 5.41) is 8.52. The number of thioether (sulfide) groups is 1. The van der Waals surface area contributed by atoms with Gasteiger partial charge in [0.15, 0.2) is 0 Å². The first-order valence-electron chi connectivity index (χ1n) is 10.2. The Balaban J connectivity index is 2.46. The van der Waals surface area contributed by atoms with Gasteiger partial charge in [0.25, 0.3) is 12.3 Å². The summed E-state index contributed by atoms with van der Waals surface area (Å²) in [6.07, 6.45) is -10.1. The van der Waals surface area contributed by atoms with Gasteiger partial charge in [0, 0.05) is 31.8 Å². The van der Waals surface area contributed by atoms with Gasteiger partial charge in [0.2, 0.25) is 5.91 Å². The van der Waals surface area contributed by atoms with Crippen LogP contribution >= 0.6 is 11.8 Å². The molecule has 0 bridgehead atoms. The highest BCUT2D eigenvalue weighted by Gasteiger charge is 2.39. The second-order valence-electron chi connectivity index (χ2n) is 7.55. The highest BCUT2D eigenvalue weighted by molar-refractivity contribution is 8.04. The number of imide groups is 1. The molecule has 0 saturated carbocycles. The Morgan fingerprint density at radius 3 is 2.31 bits per heavy atom. The van der Waals surface area contributed by atoms with Gasteiger partial charge in [-0.3, -0.25) is 14.5 Å². The molecular weight excluding hydrogens is 461 g/mol. The molecule has 1 saturated heterocycles. The second-order valence-corrected chi connectivity index (χ2v) is 8.88. The molecule has 1 N–H and O–H groups in total. The number of amides is 4. The van der Waals surface area contributed by atoms with Crippen molar-refractivity contribution >= 4 is 29.6 Å². The van der Waals surface area contributed by atoms with Crippen LogP contribution in [0.4, 0.5) is 26.7 Å². The maximum absolute atomic E-state index is 13.9. The minimum atomic E-state index is -4.58. The Kier molecular flexibility index (Phi) is 8.91. The first-order chi connectivity index (χ1) is 14.9. The molecule has 0 aromatic rings. The Labute approximate surface area is 186 Å². The van der Waals surface area contributed by atoms with Gasteiger partial charge in [-0.25, -0.2) is 13.6 Å².